The standard InChI is InChI=1S/C19H18ClN3OS/c1-2-23(12-14-6-5-7-15(20)10-14)18(24)11-16-13-25-19(22-16)17-8-3-4-9-21-17/h3-10,13H,2,11-12H2,1H3. The quantitative estimate of drug-likeness (QED) is 0.643. The predicted octanol–water partition coefficient (Wildman–Crippen LogP) is 4.45. The summed E-state index contributed by atoms with van der Waals surface area (Å²) >= 11 is 7.53. The summed E-state index contributed by atoms with van der Waals surface area (Å²) in [5.74, 6) is 0.0559. The second-order valence-electron chi connectivity index (χ2n) is 5.57. The van der Waals surface area contributed by atoms with Crippen molar-refractivity contribution >= 4 is 28.8 Å². The second-order valence-corrected chi connectivity index (χ2v) is 6.87. The third-order valence-electron chi connectivity index (χ3n) is 3.76. The second kappa shape index (κ2) is 8.23. The Morgan fingerprint density at radius 3 is 2.84 bits per heavy atom. The van der Waals surface area contributed by atoms with Crippen LogP contribution in [0.25, 0.3) is 10.7 Å². The Morgan fingerprint density at radius 1 is 1.24 bits per heavy atom. The molecule has 128 valence electrons. The Kier molecular flexibility index (Phi) is 5.79. The molecule has 0 N–H and O–H groups in total. The van der Waals surface area contributed by atoms with Crippen LogP contribution >= 0.6 is 22.9 Å². The highest BCUT2D eigenvalue weighted by molar-refractivity contribution is 7.13. The molecule has 4 nitrogen and oxygen atoms in total. The van der Waals surface area contributed by atoms with Gasteiger partial charge in [0.05, 0.1) is 17.8 Å². The molecule has 25 heavy (non-hydrogen) atoms. The zero-order valence-corrected chi connectivity index (χ0v) is 15.4. The summed E-state index contributed by atoms with van der Waals surface area (Å²) in [5, 5.41) is 3.44. The Bertz CT molecular complexity index is 851. The number of thiazole rings is 1. The van der Waals surface area contributed by atoms with E-state index >= 15 is 0 Å². The highest BCUT2D eigenvalue weighted by Gasteiger charge is 2.15. The van der Waals surface area contributed by atoms with E-state index in [1.165, 1.54) is 11.3 Å². The number of benzene rings is 1. The van der Waals surface area contributed by atoms with Crippen molar-refractivity contribution in [3.63, 3.8) is 0 Å². The molecule has 0 aliphatic heterocycles. The van der Waals surface area contributed by atoms with Crippen molar-refractivity contribution in [1.29, 1.82) is 0 Å². The number of pyridine rings is 1. The van der Waals surface area contributed by atoms with Gasteiger partial charge in [-0.25, -0.2) is 4.98 Å². The van der Waals surface area contributed by atoms with Gasteiger partial charge in [0.25, 0.3) is 0 Å². The highest BCUT2D eigenvalue weighted by atomic mass is 35.5. The van der Waals surface area contributed by atoms with Gasteiger partial charge in [-0.15, -0.1) is 11.3 Å². The number of hydrogen-bond donors (Lipinski definition) is 0. The van der Waals surface area contributed by atoms with Crippen molar-refractivity contribution in [2.24, 2.45) is 0 Å². The van der Waals surface area contributed by atoms with Gasteiger partial charge >= 0.3 is 0 Å². The van der Waals surface area contributed by atoms with E-state index in [2.05, 4.69) is 9.97 Å². The van der Waals surface area contributed by atoms with Crippen molar-refractivity contribution < 1.29 is 4.79 Å². The first-order chi connectivity index (χ1) is 12.2. The van der Waals surface area contributed by atoms with Gasteiger partial charge in [-0.2, -0.15) is 0 Å². The Morgan fingerprint density at radius 2 is 2.12 bits per heavy atom. The highest BCUT2D eigenvalue weighted by Crippen LogP contribution is 2.22. The van der Waals surface area contributed by atoms with E-state index in [9.17, 15) is 4.79 Å². The third-order valence-corrected chi connectivity index (χ3v) is 4.91. The van der Waals surface area contributed by atoms with E-state index in [-0.39, 0.29) is 12.3 Å². The van der Waals surface area contributed by atoms with E-state index < -0.39 is 0 Å². The number of likely N-dealkylation sites (N-methyl/N-ethyl adjacent to an activating group) is 1. The molecule has 0 fully saturated rings. The largest absolute Gasteiger partial charge is 0.338 e. The van der Waals surface area contributed by atoms with Crippen molar-refractivity contribution in [2.75, 3.05) is 6.54 Å². The molecule has 2 aromatic heterocycles. The van der Waals surface area contributed by atoms with E-state index in [1.807, 2.05) is 59.7 Å². The molecule has 0 atom stereocenters. The molecule has 0 radical (unpaired) electrons. The van der Waals surface area contributed by atoms with E-state index in [4.69, 9.17) is 11.6 Å². The van der Waals surface area contributed by atoms with Crippen LogP contribution in [0.2, 0.25) is 5.02 Å². The van der Waals surface area contributed by atoms with Gasteiger partial charge in [-0.05, 0) is 36.8 Å². The third kappa shape index (κ3) is 4.65. The Labute approximate surface area is 156 Å². The van der Waals surface area contributed by atoms with Crippen LogP contribution in [-0.2, 0) is 17.8 Å². The summed E-state index contributed by atoms with van der Waals surface area (Å²) in [5.41, 5.74) is 2.63. The van der Waals surface area contributed by atoms with Gasteiger partial charge in [0.2, 0.25) is 5.91 Å². The summed E-state index contributed by atoms with van der Waals surface area (Å²) in [4.78, 5) is 23.3. The van der Waals surface area contributed by atoms with Gasteiger partial charge in [-0.1, -0.05) is 29.8 Å². The number of nitrogens with zero attached hydrogens (tertiary/aromatic N) is 3. The van der Waals surface area contributed by atoms with Crippen LogP contribution in [0, 0.1) is 0 Å². The van der Waals surface area contributed by atoms with Crippen LogP contribution < -0.4 is 0 Å². The first-order valence-corrected chi connectivity index (χ1v) is 9.29. The molecule has 0 aliphatic carbocycles. The zero-order valence-electron chi connectivity index (χ0n) is 13.9. The first-order valence-electron chi connectivity index (χ1n) is 8.03. The lowest BCUT2D eigenvalue weighted by molar-refractivity contribution is -0.130. The molecular formula is C19H18ClN3OS. The van der Waals surface area contributed by atoms with Crippen molar-refractivity contribution in [2.45, 2.75) is 19.9 Å². The fourth-order valence-corrected chi connectivity index (χ4v) is 3.50. The normalized spacial score (nSPS) is 10.6. The number of halogens is 1. The lowest BCUT2D eigenvalue weighted by atomic mass is 10.2. The van der Waals surface area contributed by atoms with Gasteiger partial charge < -0.3 is 4.90 Å². The molecule has 1 aromatic carbocycles. The van der Waals surface area contributed by atoms with Gasteiger partial charge in [0, 0.05) is 29.7 Å². The minimum absolute atomic E-state index is 0.0559. The summed E-state index contributed by atoms with van der Waals surface area (Å²) in [6.45, 7) is 3.17. The number of carbonyl (C=O) groups is 1. The molecule has 3 rings (SSSR count). The maximum absolute atomic E-state index is 12.6. The molecule has 0 saturated carbocycles. The molecular weight excluding hydrogens is 354 g/mol. The van der Waals surface area contributed by atoms with Crippen molar-refractivity contribution in [3.8, 4) is 10.7 Å². The average molecular weight is 372 g/mol. The fraction of sp³-hybridized carbons (Fsp3) is 0.211. The SMILES string of the molecule is CCN(Cc1cccc(Cl)c1)C(=O)Cc1csc(-c2ccccn2)n1. The number of rotatable bonds is 6. The molecule has 0 unspecified atom stereocenters. The monoisotopic (exact) mass is 371 g/mol. The van der Waals surface area contributed by atoms with Crippen LogP contribution in [0.3, 0.4) is 0 Å². The van der Waals surface area contributed by atoms with E-state index in [0.29, 0.717) is 18.1 Å². The minimum atomic E-state index is 0.0559. The predicted molar refractivity (Wildman–Crippen MR) is 102 cm³/mol. The molecule has 0 aliphatic rings. The van der Waals surface area contributed by atoms with Crippen LogP contribution in [-0.4, -0.2) is 27.3 Å². The van der Waals surface area contributed by atoms with Crippen LogP contribution in [0.5, 0.6) is 0 Å². The molecule has 6 heteroatoms. The van der Waals surface area contributed by atoms with Gasteiger partial charge in [-0.3, -0.25) is 9.78 Å². The number of aromatic nitrogens is 2. The van der Waals surface area contributed by atoms with Gasteiger partial charge in [0.15, 0.2) is 0 Å². The van der Waals surface area contributed by atoms with Crippen molar-refractivity contribution in [1.82, 2.24) is 14.9 Å². The average Bonchev–Trinajstić information content (AvgIpc) is 3.09. The number of hydrogen-bond acceptors (Lipinski definition) is 4. The molecule has 0 saturated heterocycles. The maximum atomic E-state index is 12.6. The summed E-state index contributed by atoms with van der Waals surface area (Å²) in [6.07, 6.45) is 2.03. The first kappa shape index (κ1) is 17.6. The Balaban J connectivity index is 1.67. The van der Waals surface area contributed by atoms with Crippen LogP contribution in [0.15, 0.2) is 54.0 Å². The minimum Gasteiger partial charge on any atom is -0.338 e. The summed E-state index contributed by atoms with van der Waals surface area (Å²) in [7, 11) is 0. The smallest absolute Gasteiger partial charge is 0.228 e. The lowest BCUT2D eigenvalue weighted by Gasteiger charge is -2.20. The molecule has 3 aromatic rings. The van der Waals surface area contributed by atoms with Crippen LogP contribution in [0.1, 0.15) is 18.2 Å². The summed E-state index contributed by atoms with van der Waals surface area (Å²) < 4.78 is 0. The summed E-state index contributed by atoms with van der Waals surface area (Å²) in [6, 6.07) is 13.3. The maximum Gasteiger partial charge on any atom is 0.228 e. The van der Waals surface area contributed by atoms with Crippen LogP contribution in [0.4, 0.5) is 0 Å². The van der Waals surface area contributed by atoms with E-state index in [1.54, 1.807) is 6.20 Å². The van der Waals surface area contributed by atoms with Crippen molar-refractivity contribution in [3.05, 3.63) is 70.3 Å². The lowest BCUT2D eigenvalue weighted by Crippen LogP contribution is -2.31. The molecule has 1 amide bonds. The number of amides is 1. The fourth-order valence-electron chi connectivity index (χ4n) is 2.49. The zero-order chi connectivity index (χ0) is 17.6. The molecule has 2 heterocycles. The number of carbonyl (C=O) groups excluding carboxylic acids is 1. The van der Waals surface area contributed by atoms with E-state index in [0.717, 1.165) is 22.0 Å². The molecule has 0 bridgehead atoms. The topological polar surface area (TPSA) is 46.1 Å². The van der Waals surface area contributed by atoms with Gasteiger partial charge in [0.1, 0.15) is 5.01 Å². The Hall–Kier alpha value is -2.24. The molecule has 0 spiro atoms.